The minimum atomic E-state index is 0.527. The molecule has 0 saturated heterocycles. The number of allylic oxidation sites excluding steroid dienone is 1. The number of benzene rings is 1. The van der Waals surface area contributed by atoms with E-state index in [0.29, 0.717) is 18.0 Å². The molecule has 2 N–H and O–H groups in total. The predicted octanol–water partition coefficient (Wildman–Crippen LogP) is 2.89. The highest BCUT2D eigenvalue weighted by atomic mass is 15.2. The lowest BCUT2D eigenvalue weighted by Crippen LogP contribution is -2.13. The van der Waals surface area contributed by atoms with Gasteiger partial charge in [-0.1, -0.05) is 24.3 Å². The largest absolute Gasteiger partial charge is 0.361 e. The fourth-order valence-corrected chi connectivity index (χ4v) is 2.19. The number of nitrogens with zero attached hydrogens (tertiary/aromatic N) is 4. The number of aromatic amines is 1. The van der Waals surface area contributed by atoms with Crippen molar-refractivity contribution in [2.24, 2.45) is 0 Å². The maximum absolute atomic E-state index is 4.58. The molecule has 0 aliphatic rings. The topological polar surface area (TPSA) is 69.7 Å². The number of imidazole rings is 1. The van der Waals surface area contributed by atoms with E-state index in [-0.39, 0.29) is 0 Å². The van der Waals surface area contributed by atoms with Crippen LogP contribution in [0.4, 0.5) is 17.5 Å². The van der Waals surface area contributed by atoms with Crippen molar-refractivity contribution in [1.29, 1.82) is 0 Å². The number of H-pyrrole nitrogens is 1. The molecule has 2 heterocycles. The Labute approximate surface area is 128 Å². The van der Waals surface area contributed by atoms with E-state index in [9.17, 15) is 0 Å². The van der Waals surface area contributed by atoms with Crippen LogP contribution in [0, 0.1) is 0 Å². The van der Waals surface area contributed by atoms with Crippen LogP contribution in [0.3, 0.4) is 0 Å². The summed E-state index contributed by atoms with van der Waals surface area (Å²) in [6, 6.07) is 9.83. The first-order valence-corrected chi connectivity index (χ1v) is 7.04. The van der Waals surface area contributed by atoms with Crippen LogP contribution >= 0.6 is 0 Å². The van der Waals surface area contributed by atoms with E-state index in [4.69, 9.17) is 0 Å². The third-order valence-corrected chi connectivity index (χ3v) is 3.17. The molecule has 6 heteroatoms. The number of para-hydroxylation sites is 1. The minimum Gasteiger partial charge on any atom is -0.361 e. The molecule has 2 aromatic heterocycles. The summed E-state index contributed by atoms with van der Waals surface area (Å²) in [6.45, 7) is 3.74. The Kier molecular flexibility index (Phi) is 3.74. The van der Waals surface area contributed by atoms with Gasteiger partial charge >= 0.3 is 0 Å². The molecule has 0 unspecified atom stereocenters. The van der Waals surface area contributed by atoms with Crippen molar-refractivity contribution in [3.05, 3.63) is 48.8 Å². The van der Waals surface area contributed by atoms with Crippen molar-refractivity contribution in [1.82, 2.24) is 19.9 Å². The van der Waals surface area contributed by atoms with Gasteiger partial charge < -0.3 is 15.2 Å². The van der Waals surface area contributed by atoms with Gasteiger partial charge in [0, 0.05) is 26.2 Å². The lowest BCUT2D eigenvalue weighted by molar-refractivity contribution is 1.05. The first-order valence-electron chi connectivity index (χ1n) is 7.04. The molecular formula is C16H18N6. The van der Waals surface area contributed by atoms with E-state index in [1.165, 1.54) is 0 Å². The van der Waals surface area contributed by atoms with Gasteiger partial charge in [0.1, 0.15) is 11.3 Å². The Balaban J connectivity index is 2.06. The Morgan fingerprint density at radius 3 is 2.64 bits per heavy atom. The van der Waals surface area contributed by atoms with Crippen molar-refractivity contribution in [3.63, 3.8) is 0 Å². The summed E-state index contributed by atoms with van der Waals surface area (Å²) in [6.07, 6.45) is 2.48. The monoisotopic (exact) mass is 294 g/mol. The van der Waals surface area contributed by atoms with Gasteiger partial charge in [-0.25, -0.2) is 4.98 Å². The zero-order chi connectivity index (χ0) is 15.5. The first-order chi connectivity index (χ1) is 10.7. The lowest BCUT2D eigenvalue weighted by atomic mass is 10.3. The van der Waals surface area contributed by atoms with Gasteiger partial charge in [-0.05, 0) is 12.1 Å². The third kappa shape index (κ3) is 2.76. The molecule has 0 atom stereocenters. The zero-order valence-electron chi connectivity index (χ0n) is 12.7. The van der Waals surface area contributed by atoms with E-state index < -0.39 is 0 Å². The minimum absolute atomic E-state index is 0.527. The summed E-state index contributed by atoms with van der Waals surface area (Å²) in [5.41, 5.74) is 2.42. The molecule has 6 nitrogen and oxygen atoms in total. The lowest BCUT2D eigenvalue weighted by Gasteiger charge is -2.13. The summed E-state index contributed by atoms with van der Waals surface area (Å²) in [5, 5.41) is 3.21. The number of rotatable bonds is 5. The van der Waals surface area contributed by atoms with E-state index in [2.05, 4.69) is 31.8 Å². The standard InChI is InChI=1S/C16H18N6/c1-4-8-12-18-13-14(19-12)20-16(21-15(13)22(2)3)17-11-9-6-5-7-10-11/h4-7,9-10H,1,8H2,2-3H3,(H2,17,18,19,20,21). The Morgan fingerprint density at radius 1 is 1.18 bits per heavy atom. The normalized spacial score (nSPS) is 10.6. The van der Waals surface area contributed by atoms with Gasteiger partial charge in [-0.3, -0.25) is 0 Å². The van der Waals surface area contributed by atoms with Crippen LogP contribution in [0.15, 0.2) is 43.0 Å². The van der Waals surface area contributed by atoms with Gasteiger partial charge in [-0.2, -0.15) is 9.97 Å². The summed E-state index contributed by atoms with van der Waals surface area (Å²) < 4.78 is 0. The van der Waals surface area contributed by atoms with Crippen LogP contribution < -0.4 is 10.2 Å². The fourth-order valence-electron chi connectivity index (χ4n) is 2.19. The van der Waals surface area contributed by atoms with E-state index in [1.807, 2.05) is 55.4 Å². The molecule has 3 aromatic rings. The molecule has 0 bridgehead atoms. The average molecular weight is 294 g/mol. The van der Waals surface area contributed by atoms with Gasteiger partial charge in [0.05, 0.1) is 0 Å². The highest BCUT2D eigenvalue weighted by Gasteiger charge is 2.13. The van der Waals surface area contributed by atoms with Gasteiger partial charge in [0.15, 0.2) is 11.5 Å². The smallest absolute Gasteiger partial charge is 0.231 e. The quantitative estimate of drug-likeness (QED) is 0.708. The molecule has 0 amide bonds. The van der Waals surface area contributed by atoms with Crippen LogP contribution in [-0.2, 0) is 6.42 Å². The average Bonchev–Trinajstić information content (AvgIpc) is 2.90. The maximum atomic E-state index is 4.58. The van der Waals surface area contributed by atoms with E-state index >= 15 is 0 Å². The first kappa shape index (κ1) is 14.1. The van der Waals surface area contributed by atoms with Crippen LogP contribution in [0.5, 0.6) is 0 Å². The molecular weight excluding hydrogens is 276 g/mol. The molecule has 0 spiro atoms. The van der Waals surface area contributed by atoms with Crippen LogP contribution in [-0.4, -0.2) is 34.0 Å². The SMILES string of the molecule is C=CCc1nc2nc(Nc3ccccc3)nc(N(C)C)c2[nH]1. The molecule has 22 heavy (non-hydrogen) atoms. The summed E-state index contributed by atoms with van der Waals surface area (Å²) in [7, 11) is 3.89. The summed E-state index contributed by atoms with van der Waals surface area (Å²) in [5.74, 6) is 2.16. The molecule has 0 saturated carbocycles. The second-order valence-corrected chi connectivity index (χ2v) is 5.13. The highest BCUT2D eigenvalue weighted by Crippen LogP contribution is 2.23. The maximum Gasteiger partial charge on any atom is 0.231 e. The molecule has 0 fully saturated rings. The Bertz CT molecular complexity index is 791. The molecule has 0 aliphatic carbocycles. The zero-order valence-corrected chi connectivity index (χ0v) is 12.7. The number of anilines is 3. The van der Waals surface area contributed by atoms with Crippen molar-refractivity contribution >= 4 is 28.6 Å². The molecule has 3 rings (SSSR count). The number of aromatic nitrogens is 4. The van der Waals surface area contributed by atoms with Gasteiger partial charge in [-0.15, -0.1) is 6.58 Å². The summed E-state index contributed by atoms with van der Waals surface area (Å²) in [4.78, 5) is 18.8. The number of hydrogen-bond donors (Lipinski definition) is 2. The van der Waals surface area contributed by atoms with Crippen molar-refractivity contribution in [2.75, 3.05) is 24.3 Å². The van der Waals surface area contributed by atoms with Crippen LogP contribution in [0.25, 0.3) is 11.2 Å². The number of nitrogens with one attached hydrogen (secondary N) is 2. The van der Waals surface area contributed by atoms with Crippen LogP contribution in [0.2, 0.25) is 0 Å². The molecule has 1 aromatic carbocycles. The number of fused-ring (bicyclic) bond motifs is 1. The Hall–Kier alpha value is -2.89. The molecule has 0 aliphatic heterocycles. The van der Waals surface area contributed by atoms with E-state index in [0.717, 1.165) is 22.8 Å². The highest BCUT2D eigenvalue weighted by molar-refractivity contribution is 5.85. The van der Waals surface area contributed by atoms with Crippen molar-refractivity contribution in [2.45, 2.75) is 6.42 Å². The van der Waals surface area contributed by atoms with Crippen molar-refractivity contribution in [3.8, 4) is 0 Å². The summed E-state index contributed by atoms with van der Waals surface area (Å²) >= 11 is 0. The van der Waals surface area contributed by atoms with Crippen LogP contribution in [0.1, 0.15) is 5.82 Å². The van der Waals surface area contributed by atoms with Crippen molar-refractivity contribution < 1.29 is 0 Å². The third-order valence-electron chi connectivity index (χ3n) is 3.17. The van der Waals surface area contributed by atoms with Gasteiger partial charge in [0.25, 0.3) is 0 Å². The number of hydrogen-bond acceptors (Lipinski definition) is 5. The second-order valence-electron chi connectivity index (χ2n) is 5.13. The molecule has 0 radical (unpaired) electrons. The second kappa shape index (κ2) is 5.85. The fraction of sp³-hybridized carbons (Fsp3) is 0.188. The Morgan fingerprint density at radius 2 is 1.95 bits per heavy atom. The predicted molar refractivity (Wildman–Crippen MR) is 89.6 cm³/mol. The van der Waals surface area contributed by atoms with E-state index in [1.54, 1.807) is 0 Å². The van der Waals surface area contributed by atoms with Gasteiger partial charge in [0.2, 0.25) is 5.95 Å². The molecule has 112 valence electrons.